The summed E-state index contributed by atoms with van der Waals surface area (Å²) in [6, 6.07) is 9.87. The van der Waals surface area contributed by atoms with E-state index in [4.69, 9.17) is 25.8 Å². The number of piperidine rings is 1. The third-order valence-corrected chi connectivity index (χ3v) is 7.30. The second-order valence-corrected chi connectivity index (χ2v) is 10.1. The third kappa shape index (κ3) is 6.52. The number of aryl methyl sites for hydroxylation is 3. The summed E-state index contributed by atoms with van der Waals surface area (Å²) in [5.41, 5.74) is 2.15. The molecule has 3 aromatic rings. The van der Waals surface area contributed by atoms with Gasteiger partial charge in [0.25, 0.3) is 0 Å². The maximum atomic E-state index is 11.3. The summed E-state index contributed by atoms with van der Waals surface area (Å²) in [4.78, 5) is 6.52. The molecule has 0 saturated carbocycles. The van der Waals surface area contributed by atoms with E-state index in [0.29, 0.717) is 38.4 Å². The van der Waals surface area contributed by atoms with Crippen LogP contribution in [0.15, 0.2) is 42.7 Å². The number of hydrogen-bond donors (Lipinski definition) is 1. The van der Waals surface area contributed by atoms with E-state index < -0.39 is 5.60 Å². The minimum absolute atomic E-state index is 0.245. The Morgan fingerprint density at radius 2 is 1.86 bits per heavy atom. The van der Waals surface area contributed by atoms with Crippen molar-refractivity contribution in [1.82, 2.24) is 14.5 Å². The molecule has 1 aliphatic heterocycles. The highest BCUT2D eigenvalue weighted by Crippen LogP contribution is 2.31. The van der Waals surface area contributed by atoms with Crippen LogP contribution in [0.5, 0.6) is 17.2 Å². The van der Waals surface area contributed by atoms with Gasteiger partial charge in [-0.25, -0.2) is 4.98 Å². The van der Waals surface area contributed by atoms with E-state index >= 15 is 0 Å². The molecule has 0 unspecified atom stereocenters. The van der Waals surface area contributed by atoms with Crippen LogP contribution in [-0.2, 0) is 13.1 Å². The van der Waals surface area contributed by atoms with Gasteiger partial charge in [0.05, 0.1) is 13.7 Å². The van der Waals surface area contributed by atoms with Crippen LogP contribution >= 0.6 is 11.6 Å². The predicted molar refractivity (Wildman–Crippen MR) is 141 cm³/mol. The van der Waals surface area contributed by atoms with Crippen LogP contribution in [0, 0.1) is 20.8 Å². The normalized spacial score (nSPS) is 18.3. The summed E-state index contributed by atoms with van der Waals surface area (Å²) in [5.74, 6) is 3.13. The van der Waals surface area contributed by atoms with Crippen LogP contribution in [0.3, 0.4) is 0 Å². The van der Waals surface area contributed by atoms with Gasteiger partial charge in [0.2, 0.25) is 0 Å². The molecule has 1 aliphatic rings. The average Bonchev–Trinajstić information content (AvgIpc) is 3.26. The van der Waals surface area contributed by atoms with Crippen LogP contribution in [0.25, 0.3) is 0 Å². The van der Waals surface area contributed by atoms with Crippen molar-refractivity contribution in [3.05, 3.63) is 70.3 Å². The first-order chi connectivity index (χ1) is 17.3. The zero-order chi connectivity index (χ0) is 25.7. The van der Waals surface area contributed by atoms with Gasteiger partial charge in [-0.3, -0.25) is 4.90 Å². The molecule has 1 aromatic heterocycles. The molecule has 0 bridgehead atoms. The molecule has 2 aromatic carbocycles. The van der Waals surface area contributed by atoms with Gasteiger partial charge in [0, 0.05) is 30.5 Å². The summed E-state index contributed by atoms with van der Waals surface area (Å²) in [6.07, 6.45) is 5.35. The molecule has 0 spiro atoms. The topological polar surface area (TPSA) is 69.0 Å². The summed E-state index contributed by atoms with van der Waals surface area (Å²) < 4.78 is 19.7. The number of rotatable bonds is 10. The number of imidazole rings is 1. The Balaban J connectivity index is 1.36. The Bertz CT molecular complexity index is 1160. The Morgan fingerprint density at radius 1 is 1.08 bits per heavy atom. The fraction of sp³-hybridized carbons (Fsp3) is 0.464. The molecular formula is C28H36ClN3O4. The van der Waals surface area contributed by atoms with Gasteiger partial charge < -0.3 is 23.9 Å². The maximum absolute atomic E-state index is 11.3. The predicted octanol–water partition coefficient (Wildman–Crippen LogP) is 4.96. The zero-order valence-electron chi connectivity index (χ0n) is 21.6. The lowest BCUT2D eigenvalue weighted by Gasteiger charge is -2.39. The minimum Gasteiger partial charge on any atom is -0.493 e. The number of hydrogen-bond acceptors (Lipinski definition) is 6. The second kappa shape index (κ2) is 11.5. The van der Waals surface area contributed by atoms with E-state index in [-0.39, 0.29) is 6.61 Å². The van der Waals surface area contributed by atoms with E-state index in [0.717, 1.165) is 52.0 Å². The number of ether oxygens (including phenoxy) is 3. The SMILES string of the molecule is COc1ccc(CN2CCC[C@@](O)(COc3cc(C)c(Cl)c(C)c3)C2)cc1OCCn1ccnc1C. The Morgan fingerprint density at radius 3 is 2.56 bits per heavy atom. The first-order valence-electron chi connectivity index (χ1n) is 12.4. The lowest BCUT2D eigenvalue weighted by Crippen LogP contribution is -2.51. The largest absolute Gasteiger partial charge is 0.493 e. The van der Waals surface area contributed by atoms with Crippen molar-refractivity contribution in [3.63, 3.8) is 0 Å². The van der Waals surface area contributed by atoms with Crippen molar-refractivity contribution in [3.8, 4) is 17.2 Å². The Labute approximate surface area is 218 Å². The van der Waals surface area contributed by atoms with Crippen LogP contribution in [0.2, 0.25) is 5.02 Å². The van der Waals surface area contributed by atoms with Crippen molar-refractivity contribution in [2.45, 2.75) is 52.3 Å². The Kier molecular flexibility index (Phi) is 8.44. The highest BCUT2D eigenvalue weighted by Gasteiger charge is 2.34. The van der Waals surface area contributed by atoms with Gasteiger partial charge in [-0.1, -0.05) is 17.7 Å². The van der Waals surface area contributed by atoms with Crippen LogP contribution in [0.1, 0.15) is 35.4 Å². The van der Waals surface area contributed by atoms with Gasteiger partial charge in [-0.2, -0.15) is 0 Å². The van der Waals surface area contributed by atoms with Crippen LogP contribution < -0.4 is 14.2 Å². The Hall–Kier alpha value is -2.74. The number of β-amino-alcohol motifs (C(OH)–C–C–N with tert-alkyl or cyclic N) is 1. The lowest BCUT2D eigenvalue weighted by molar-refractivity contribution is -0.0621. The standard InChI is InChI=1S/C28H36ClN3O4/c1-20-14-24(15-21(2)27(20)29)36-19-28(33)8-5-10-31(18-28)17-23-6-7-25(34-4)26(16-23)35-13-12-32-11-9-30-22(32)3/h6-7,9,11,14-16,33H,5,8,10,12-13,17-19H2,1-4H3/t28-/m0/s1. The smallest absolute Gasteiger partial charge is 0.161 e. The van der Waals surface area contributed by atoms with Crippen molar-refractivity contribution in [2.75, 3.05) is 33.4 Å². The van der Waals surface area contributed by atoms with Crippen molar-refractivity contribution >= 4 is 11.6 Å². The zero-order valence-corrected chi connectivity index (χ0v) is 22.3. The monoisotopic (exact) mass is 513 g/mol. The summed E-state index contributed by atoms with van der Waals surface area (Å²) in [5, 5.41) is 12.0. The molecule has 194 valence electrons. The van der Waals surface area contributed by atoms with Gasteiger partial charge >= 0.3 is 0 Å². The number of nitrogens with zero attached hydrogens (tertiary/aromatic N) is 3. The molecule has 0 aliphatic carbocycles. The van der Waals surface area contributed by atoms with Gasteiger partial charge in [-0.15, -0.1) is 0 Å². The fourth-order valence-electron chi connectivity index (χ4n) is 4.75. The fourth-order valence-corrected chi connectivity index (χ4v) is 4.86. The number of methoxy groups -OCH3 is 1. The van der Waals surface area contributed by atoms with Crippen molar-refractivity contribution in [1.29, 1.82) is 0 Å². The minimum atomic E-state index is -0.909. The van der Waals surface area contributed by atoms with Gasteiger partial charge in [0.1, 0.15) is 30.4 Å². The maximum Gasteiger partial charge on any atom is 0.161 e. The lowest BCUT2D eigenvalue weighted by atomic mass is 9.93. The van der Waals surface area contributed by atoms with E-state index in [1.807, 2.05) is 51.2 Å². The number of likely N-dealkylation sites (tertiary alicyclic amines) is 1. The third-order valence-electron chi connectivity index (χ3n) is 6.70. The quantitative estimate of drug-likeness (QED) is 0.413. The summed E-state index contributed by atoms with van der Waals surface area (Å²) >= 11 is 6.28. The number of aliphatic hydroxyl groups is 1. The molecule has 1 atom stereocenters. The first-order valence-corrected chi connectivity index (χ1v) is 12.8. The first kappa shape index (κ1) is 26.3. The molecule has 0 amide bonds. The molecule has 36 heavy (non-hydrogen) atoms. The van der Waals surface area contributed by atoms with Crippen LogP contribution in [-0.4, -0.2) is 58.6 Å². The molecular weight excluding hydrogens is 478 g/mol. The van der Waals surface area contributed by atoms with Crippen LogP contribution in [0.4, 0.5) is 0 Å². The van der Waals surface area contributed by atoms with E-state index in [9.17, 15) is 5.11 Å². The van der Waals surface area contributed by atoms with Gasteiger partial charge in [0.15, 0.2) is 11.5 Å². The number of benzene rings is 2. The summed E-state index contributed by atoms with van der Waals surface area (Å²) in [6.45, 7) is 9.55. The number of halogens is 1. The van der Waals surface area contributed by atoms with Crippen molar-refractivity contribution < 1.29 is 19.3 Å². The molecule has 7 nitrogen and oxygen atoms in total. The molecule has 8 heteroatoms. The molecule has 1 saturated heterocycles. The average molecular weight is 514 g/mol. The van der Waals surface area contributed by atoms with E-state index in [1.54, 1.807) is 13.3 Å². The highest BCUT2D eigenvalue weighted by molar-refractivity contribution is 6.32. The molecule has 2 heterocycles. The second-order valence-electron chi connectivity index (χ2n) is 9.70. The van der Waals surface area contributed by atoms with E-state index in [1.165, 1.54) is 0 Å². The molecule has 1 N–H and O–H groups in total. The number of aromatic nitrogens is 2. The van der Waals surface area contributed by atoms with E-state index in [2.05, 4.69) is 20.5 Å². The molecule has 1 fully saturated rings. The summed E-state index contributed by atoms with van der Waals surface area (Å²) in [7, 11) is 1.65. The molecule has 4 rings (SSSR count). The van der Waals surface area contributed by atoms with Crippen molar-refractivity contribution in [2.24, 2.45) is 0 Å². The highest BCUT2D eigenvalue weighted by atomic mass is 35.5. The molecule has 0 radical (unpaired) electrons. The van der Waals surface area contributed by atoms with Gasteiger partial charge in [-0.05, 0) is 81.1 Å².